The Hall–Kier alpha value is -2.20. The number of hydrogen-bond donors (Lipinski definition) is 2. The quantitative estimate of drug-likeness (QED) is 0.851. The van der Waals surface area contributed by atoms with E-state index in [1.165, 1.54) is 6.07 Å². The van der Waals surface area contributed by atoms with Crippen LogP contribution in [0.5, 0.6) is 5.75 Å². The maximum Gasteiger partial charge on any atom is 0.255 e. The van der Waals surface area contributed by atoms with Gasteiger partial charge in [-0.25, -0.2) is 0 Å². The van der Waals surface area contributed by atoms with Crippen molar-refractivity contribution in [3.05, 3.63) is 52.5 Å². The van der Waals surface area contributed by atoms with Crippen molar-refractivity contribution in [1.82, 2.24) is 0 Å². The van der Waals surface area contributed by atoms with E-state index < -0.39 is 0 Å². The first-order chi connectivity index (χ1) is 9.51. The molecule has 1 amide bonds. The van der Waals surface area contributed by atoms with E-state index in [0.717, 1.165) is 5.56 Å². The summed E-state index contributed by atoms with van der Waals surface area (Å²) in [4.78, 5) is 12.2. The van der Waals surface area contributed by atoms with Crippen molar-refractivity contribution in [1.29, 1.82) is 0 Å². The second-order valence-corrected chi connectivity index (χ2v) is 4.80. The summed E-state index contributed by atoms with van der Waals surface area (Å²) in [5.74, 6) is 0.342. The molecule has 2 aromatic rings. The number of ether oxygens (including phenoxy) is 1. The Balaban J connectivity index is 2.25. The normalized spacial score (nSPS) is 10.2. The maximum atomic E-state index is 12.2. The van der Waals surface area contributed by atoms with Gasteiger partial charge in [0, 0.05) is 5.56 Å². The lowest BCUT2D eigenvalue weighted by molar-refractivity contribution is 0.102. The molecular formula is C15H15ClN2O2. The molecule has 0 fully saturated rings. The van der Waals surface area contributed by atoms with Gasteiger partial charge in [-0.3, -0.25) is 4.79 Å². The lowest BCUT2D eigenvalue weighted by Gasteiger charge is -2.11. The molecule has 0 aromatic heterocycles. The summed E-state index contributed by atoms with van der Waals surface area (Å²) in [6.07, 6.45) is 0. The van der Waals surface area contributed by atoms with Crippen molar-refractivity contribution in [2.24, 2.45) is 0 Å². The molecule has 2 aromatic carbocycles. The fraction of sp³-hybridized carbons (Fsp3) is 0.133. The van der Waals surface area contributed by atoms with Crippen molar-refractivity contribution in [2.45, 2.75) is 6.92 Å². The molecule has 5 heteroatoms. The van der Waals surface area contributed by atoms with Crippen LogP contribution in [-0.2, 0) is 0 Å². The van der Waals surface area contributed by atoms with Crippen LogP contribution in [0.1, 0.15) is 15.9 Å². The van der Waals surface area contributed by atoms with Crippen LogP contribution in [0, 0.1) is 6.92 Å². The third-order valence-electron chi connectivity index (χ3n) is 2.87. The summed E-state index contributed by atoms with van der Waals surface area (Å²) in [5.41, 5.74) is 8.16. The molecule has 0 saturated carbocycles. The number of aryl methyl sites for hydroxylation is 1. The minimum Gasteiger partial charge on any atom is -0.495 e. The van der Waals surface area contributed by atoms with Gasteiger partial charge in [-0.05, 0) is 42.8 Å². The molecule has 0 heterocycles. The second kappa shape index (κ2) is 5.84. The molecule has 0 aliphatic rings. The van der Waals surface area contributed by atoms with Gasteiger partial charge in [0.25, 0.3) is 5.91 Å². The van der Waals surface area contributed by atoms with Gasteiger partial charge in [-0.15, -0.1) is 0 Å². The number of amides is 1. The zero-order valence-electron chi connectivity index (χ0n) is 11.2. The van der Waals surface area contributed by atoms with Crippen molar-refractivity contribution < 1.29 is 9.53 Å². The Morgan fingerprint density at radius 2 is 2.00 bits per heavy atom. The monoisotopic (exact) mass is 290 g/mol. The third kappa shape index (κ3) is 3.03. The topological polar surface area (TPSA) is 64.3 Å². The Morgan fingerprint density at radius 1 is 1.25 bits per heavy atom. The van der Waals surface area contributed by atoms with E-state index in [2.05, 4.69) is 5.32 Å². The number of halogens is 1. The van der Waals surface area contributed by atoms with Crippen LogP contribution in [0.15, 0.2) is 36.4 Å². The highest BCUT2D eigenvalue weighted by atomic mass is 35.5. The molecule has 3 N–H and O–H groups in total. The fourth-order valence-electron chi connectivity index (χ4n) is 1.76. The molecule has 0 radical (unpaired) electrons. The van der Waals surface area contributed by atoms with Crippen LogP contribution in [0.25, 0.3) is 0 Å². The molecule has 0 saturated heterocycles. The van der Waals surface area contributed by atoms with Crippen LogP contribution in [0.4, 0.5) is 11.4 Å². The molecule has 0 aliphatic heterocycles. The number of carbonyl (C=O) groups is 1. The number of anilines is 2. The van der Waals surface area contributed by atoms with Crippen molar-refractivity contribution in [3.8, 4) is 5.75 Å². The third-order valence-corrected chi connectivity index (χ3v) is 3.20. The summed E-state index contributed by atoms with van der Waals surface area (Å²) in [6.45, 7) is 1.95. The van der Waals surface area contributed by atoms with Gasteiger partial charge in [0.2, 0.25) is 0 Å². The molecule has 20 heavy (non-hydrogen) atoms. The molecule has 104 valence electrons. The molecule has 2 rings (SSSR count). The van der Waals surface area contributed by atoms with Gasteiger partial charge in [0.05, 0.1) is 23.5 Å². The molecule has 0 bridgehead atoms. The highest BCUT2D eigenvalue weighted by molar-refractivity contribution is 6.33. The molecule has 0 unspecified atom stereocenters. The van der Waals surface area contributed by atoms with E-state index in [4.69, 9.17) is 22.1 Å². The molecule has 0 atom stereocenters. The lowest BCUT2D eigenvalue weighted by Crippen LogP contribution is -2.12. The van der Waals surface area contributed by atoms with Crippen molar-refractivity contribution in [3.63, 3.8) is 0 Å². The van der Waals surface area contributed by atoms with E-state index >= 15 is 0 Å². The van der Waals surface area contributed by atoms with Crippen molar-refractivity contribution in [2.75, 3.05) is 18.2 Å². The van der Waals surface area contributed by atoms with Crippen LogP contribution in [-0.4, -0.2) is 13.0 Å². The number of benzene rings is 2. The highest BCUT2D eigenvalue weighted by Gasteiger charge is 2.11. The van der Waals surface area contributed by atoms with Crippen molar-refractivity contribution >= 4 is 28.9 Å². The predicted molar refractivity (Wildman–Crippen MR) is 81.5 cm³/mol. The van der Waals surface area contributed by atoms with Gasteiger partial charge in [-0.1, -0.05) is 17.7 Å². The number of carbonyl (C=O) groups excluding carboxylic acids is 1. The summed E-state index contributed by atoms with van der Waals surface area (Å²) in [7, 11) is 1.56. The van der Waals surface area contributed by atoms with Gasteiger partial charge in [0.1, 0.15) is 5.75 Å². The molecule has 0 spiro atoms. The molecule has 4 nitrogen and oxygen atoms in total. The second-order valence-electron chi connectivity index (χ2n) is 4.39. The van der Waals surface area contributed by atoms with E-state index in [9.17, 15) is 4.79 Å². The number of hydrogen-bond acceptors (Lipinski definition) is 3. The zero-order valence-corrected chi connectivity index (χ0v) is 12.0. The van der Waals surface area contributed by atoms with E-state index in [1.807, 2.05) is 19.1 Å². The van der Waals surface area contributed by atoms with E-state index in [1.54, 1.807) is 25.3 Å². The minimum atomic E-state index is -0.269. The first-order valence-corrected chi connectivity index (χ1v) is 6.40. The Bertz CT molecular complexity index is 656. The fourth-order valence-corrected chi connectivity index (χ4v) is 1.95. The number of nitrogens with one attached hydrogen (secondary N) is 1. The summed E-state index contributed by atoms with van der Waals surface area (Å²) in [5, 5.41) is 3.14. The SMILES string of the molecule is COc1cc(C)ccc1NC(=O)c1ccc(N)c(Cl)c1. The van der Waals surface area contributed by atoms with Gasteiger partial charge in [-0.2, -0.15) is 0 Å². The minimum absolute atomic E-state index is 0.269. The average molecular weight is 291 g/mol. The van der Waals surface area contributed by atoms with E-state index in [0.29, 0.717) is 27.7 Å². The number of nitrogen functional groups attached to an aromatic ring is 1. The van der Waals surface area contributed by atoms with Gasteiger partial charge >= 0.3 is 0 Å². The summed E-state index contributed by atoms with van der Waals surface area (Å²) in [6, 6.07) is 10.3. The lowest BCUT2D eigenvalue weighted by atomic mass is 10.1. The van der Waals surface area contributed by atoms with Crippen LogP contribution >= 0.6 is 11.6 Å². The largest absolute Gasteiger partial charge is 0.495 e. The highest BCUT2D eigenvalue weighted by Crippen LogP contribution is 2.26. The zero-order chi connectivity index (χ0) is 14.7. The Kier molecular flexibility index (Phi) is 4.15. The first kappa shape index (κ1) is 14.2. The maximum absolute atomic E-state index is 12.2. The molecular weight excluding hydrogens is 276 g/mol. The molecule has 0 aliphatic carbocycles. The predicted octanol–water partition coefficient (Wildman–Crippen LogP) is 3.49. The van der Waals surface area contributed by atoms with Crippen LogP contribution in [0.2, 0.25) is 5.02 Å². The Morgan fingerprint density at radius 3 is 2.65 bits per heavy atom. The first-order valence-electron chi connectivity index (χ1n) is 6.02. The number of nitrogens with two attached hydrogens (primary N) is 1. The summed E-state index contributed by atoms with van der Waals surface area (Å²) >= 11 is 5.91. The van der Waals surface area contributed by atoms with Crippen LogP contribution < -0.4 is 15.8 Å². The average Bonchev–Trinajstić information content (AvgIpc) is 2.43. The summed E-state index contributed by atoms with van der Waals surface area (Å²) < 4.78 is 5.24. The van der Waals surface area contributed by atoms with Gasteiger partial charge in [0.15, 0.2) is 0 Å². The number of methoxy groups -OCH3 is 1. The Labute approximate surface area is 122 Å². The standard InChI is InChI=1S/C15H15ClN2O2/c1-9-3-6-13(14(7-9)20-2)18-15(19)10-4-5-12(17)11(16)8-10/h3-8H,17H2,1-2H3,(H,18,19). The number of rotatable bonds is 3. The van der Waals surface area contributed by atoms with Gasteiger partial charge < -0.3 is 15.8 Å². The van der Waals surface area contributed by atoms with E-state index in [-0.39, 0.29) is 5.91 Å². The smallest absolute Gasteiger partial charge is 0.255 e. The van der Waals surface area contributed by atoms with Crippen LogP contribution in [0.3, 0.4) is 0 Å².